The lowest BCUT2D eigenvalue weighted by atomic mass is 10.1. The van der Waals surface area contributed by atoms with Crippen molar-refractivity contribution in [2.75, 3.05) is 32.8 Å². The molecule has 2 N–H and O–H groups in total. The number of nitrogens with zero attached hydrogens (tertiary/aromatic N) is 2. The van der Waals surface area contributed by atoms with Crippen LogP contribution >= 0.6 is 0 Å². The van der Waals surface area contributed by atoms with Crippen LogP contribution in [0.25, 0.3) is 0 Å². The van der Waals surface area contributed by atoms with Crippen molar-refractivity contribution in [1.29, 1.82) is 0 Å². The van der Waals surface area contributed by atoms with E-state index in [-0.39, 0.29) is 32.0 Å². The highest BCUT2D eigenvalue weighted by Gasteiger charge is 2.50. The van der Waals surface area contributed by atoms with Gasteiger partial charge in [0.15, 0.2) is 5.96 Å². The summed E-state index contributed by atoms with van der Waals surface area (Å²) in [6, 6.07) is 7.51. The number of hydrogen-bond donors (Lipinski definition) is 2. The fourth-order valence-corrected chi connectivity index (χ4v) is 3.91. The van der Waals surface area contributed by atoms with E-state index in [1.54, 1.807) is 0 Å². The average Bonchev–Trinajstić information content (AvgIpc) is 2.65. The van der Waals surface area contributed by atoms with E-state index in [2.05, 4.69) is 15.6 Å². The van der Waals surface area contributed by atoms with Crippen LogP contribution in [-0.2, 0) is 10.0 Å². The van der Waals surface area contributed by atoms with Gasteiger partial charge in [0, 0.05) is 25.7 Å². The first kappa shape index (κ1) is 23.3. The molecule has 0 radical (unpaired) electrons. The third-order valence-electron chi connectivity index (χ3n) is 4.39. The summed E-state index contributed by atoms with van der Waals surface area (Å²) in [5.41, 5.74) is -4.17. The summed E-state index contributed by atoms with van der Waals surface area (Å²) < 4.78 is 67.1. The number of nitrogens with one attached hydrogen (secondary N) is 2. The molecule has 0 amide bonds. The van der Waals surface area contributed by atoms with E-state index in [1.165, 1.54) is 0 Å². The van der Waals surface area contributed by atoms with Crippen molar-refractivity contribution in [2.24, 2.45) is 4.99 Å². The Morgan fingerprint density at radius 1 is 1.31 bits per heavy atom. The number of guanidine groups is 1. The Morgan fingerprint density at radius 3 is 2.59 bits per heavy atom. The highest BCUT2D eigenvalue weighted by molar-refractivity contribution is 7.90. The summed E-state index contributed by atoms with van der Waals surface area (Å²) in [5.74, 6) is 1.29. The molecule has 1 fully saturated rings. The van der Waals surface area contributed by atoms with Crippen molar-refractivity contribution in [2.45, 2.75) is 38.2 Å². The lowest BCUT2D eigenvalue weighted by Crippen LogP contribution is -2.51. The maximum atomic E-state index is 12.7. The zero-order chi connectivity index (χ0) is 21.5. The van der Waals surface area contributed by atoms with E-state index in [9.17, 15) is 21.6 Å². The maximum absolute atomic E-state index is 12.7. The van der Waals surface area contributed by atoms with Gasteiger partial charge in [-0.1, -0.05) is 12.1 Å². The zero-order valence-electron chi connectivity index (χ0n) is 16.5. The number of sulfonamides is 1. The van der Waals surface area contributed by atoms with E-state index in [0.717, 1.165) is 11.3 Å². The summed E-state index contributed by atoms with van der Waals surface area (Å²) >= 11 is 0. The molecule has 0 spiro atoms. The van der Waals surface area contributed by atoms with Crippen molar-refractivity contribution in [3.63, 3.8) is 0 Å². The van der Waals surface area contributed by atoms with Gasteiger partial charge in [0.25, 0.3) is 0 Å². The number of rotatable bonds is 7. The largest absolute Gasteiger partial charge is 0.511 e. The van der Waals surface area contributed by atoms with E-state index >= 15 is 0 Å². The summed E-state index contributed by atoms with van der Waals surface area (Å²) in [7, 11) is -5.27. The zero-order valence-corrected chi connectivity index (χ0v) is 17.3. The van der Waals surface area contributed by atoms with Crippen molar-refractivity contribution in [3.8, 4) is 5.75 Å². The van der Waals surface area contributed by atoms with Crippen LogP contribution in [0.4, 0.5) is 13.2 Å². The highest BCUT2D eigenvalue weighted by atomic mass is 32.2. The Balaban J connectivity index is 1.83. The number of alkyl halides is 3. The van der Waals surface area contributed by atoms with E-state index < -0.39 is 15.5 Å². The summed E-state index contributed by atoms with van der Waals surface area (Å²) in [6.07, 6.45) is 0.527. The first-order chi connectivity index (χ1) is 13.6. The first-order valence-corrected chi connectivity index (χ1v) is 10.9. The van der Waals surface area contributed by atoms with Gasteiger partial charge in [-0.3, -0.25) is 0 Å². The number of benzene rings is 1. The van der Waals surface area contributed by atoms with Gasteiger partial charge >= 0.3 is 15.5 Å². The second-order valence-corrected chi connectivity index (χ2v) is 8.62. The average molecular weight is 437 g/mol. The molecule has 0 bridgehead atoms. The predicted octanol–water partition coefficient (Wildman–Crippen LogP) is 2.24. The molecule has 1 heterocycles. The van der Waals surface area contributed by atoms with Gasteiger partial charge < -0.3 is 15.4 Å². The number of halogens is 3. The van der Waals surface area contributed by atoms with E-state index in [1.807, 2.05) is 38.1 Å². The lowest BCUT2D eigenvalue weighted by molar-refractivity contribution is -0.0494. The van der Waals surface area contributed by atoms with Crippen LogP contribution in [0.15, 0.2) is 29.3 Å². The molecular weight excluding hydrogens is 409 g/mol. The fourth-order valence-electron chi connectivity index (χ4n) is 2.93. The molecule has 1 aliphatic rings. The van der Waals surface area contributed by atoms with Crippen LogP contribution in [0.1, 0.15) is 25.3 Å². The summed E-state index contributed by atoms with van der Waals surface area (Å²) in [5, 5.41) is 6.23. The quantitative estimate of drug-likeness (QED) is 0.389. The van der Waals surface area contributed by atoms with Crippen molar-refractivity contribution in [3.05, 3.63) is 29.8 Å². The number of aryl methyl sites for hydroxylation is 1. The van der Waals surface area contributed by atoms with Crippen molar-refractivity contribution in [1.82, 2.24) is 14.9 Å². The molecule has 2 rings (SSSR count). The monoisotopic (exact) mass is 436 g/mol. The maximum Gasteiger partial charge on any atom is 0.511 e. The van der Waals surface area contributed by atoms with Gasteiger partial charge in [-0.05, 0) is 44.4 Å². The minimum absolute atomic E-state index is 0.162. The number of aliphatic imine (C=N–C) groups is 1. The summed E-state index contributed by atoms with van der Waals surface area (Å²) in [4.78, 5) is 4.41. The Kier molecular flexibility index (Phi) is 8.14. The number of hydrogen-bond acceptors (Lipinski definition) is 4. The number of piperidine rings is 1. The second kappa shape index (κ2) is 10.1. The fraction of sp³-hybridized carbons (Fsp3) is 0.611. The summed E-state index contributed by atoms with van der Waals surface area (Å²) in [6.45, 7) is 4.89. The molecule has 1 aliphatic heterocycles. The van der Waals surface area contributed by atoms with Crippen LogP contribution in [0, 0.1) is 6.92 Å². The van der Waals surface area contributed by atoms with Gasteiger partial charge in [-0.2, -0.15) is 17.5 Å². The molecule has 0 unspecified atom stereocenters. The molecule has 11 heteroatoms. The lowest BCUT2D eigenvalue weighted by Gasteiger charge is -2.32. The predicted molar refractivity (Wildman–Crippen MR) is 105 cm³/mol. The van der Waals surface area contributed by atoms with Crippen molar-refractivity contribution >= 4 is 16.0 Å². The second-order valence-electron chi connectivity index (χ2n) is 6.69. The van der Waals surface area contributed by atoms with Gasteiger partial charge in [0.1, 0.15) is 12.4 Å². The van der Waals surface area contributed by atoms with Crippen molar-refractivity contribution < 1.29 is 26.3 Å². The normalized spacial score (nSPS) is 17.2. The van der Waals surface area contributed by atoms with Gasteiger partial charge in [-0.15, -0.1) is 0 Å². The molecular formula is C18H27F3N4O3S. The van der Waals surface area contributed by atoms with Gasteiger partial charge in [0.2, 0.25) is 0 Å². The number of ether oxygens (including phenoxy) is 1. The molecule has 29 heavy (non-hydrogen) atoms. The third kappa shape index (κ3) is 6.77. The molecule has 1 saturated heterocycles. The van der Waals surface area contributed by atoms with Gasteiger partial charge in [-0.25, -0.2) is 13.4 Å². The molecule has 1 aromatic rings. The van der Waals surface area contributed by atoms with Crippen LogP contribution in [0.5, 0.6) is 5.75 Å². The van der Waals surface area contributed by atoms with E-state index in [0.29, 0.717) is 30.0 Å². The van der Waals surface area contributed by atoms with Crippen LogP contribution in [0.3, 0.4) is 0 Å². The molecule has 0 atom stereocenters. The minimum atomic E-state index is -5.27. The Bertz CT molecular complexity index is 792. The highest BCUT2D eigenvalue weighted by Crippen LogP contribution is 2.28. The van der Waals surface area contributed by atoms with Crippen LogP contribution in [0.2, 0.25) is 0 Å². The Morgan fingerprint density at radius 2 is 2.00 bits per heavy atom. The smallest absolute Gasteiger partial charge is 0.492 e. The molecule has 7 nitrogen and oxygen atoms in total. The SMILES string of the molecule is CCNC(=NCCOc1cccc(C)c1)NC1CCN(S(=O)(=O)C(F)(F)F)CC1. The standard InChI is InChI=1S/C18H27F3N4O3S/c1-3-22-17(23-9-12-28-16-6-4-5-14(2)13-16)24-15-7-10-25(11-8-15)29(26,27)18(19,20)21/h4-6,13,15H,3,7-12H2,1-2H3,(H2,22,23,24). The minimum Gasteiger partial charge on any atom is -0.492 e. The first-order valence-electron chi connectivity index (χ1n) is 9.44. The Hall–Kier alpha value is -2.01. The van der Waals surface area contributed by atoms with E-state index in [4.69, 9.17) is 4.74 Å². The topological polar surface area (TPSA) is 83.0 Å². The Labute approximate surface area is 169 Å². The molecule has 164 valence electrons. The third-order valence-corrected chi connectivity index (χ3v) is 6.02. The van der Waals surface area contributed by atoms with Crippen LogP contribution in [-0.4, -0.2) is 63.0 Å². The molecule has 0 saturated carbocycles. The molecule has 0 aliphatic carbocycles. The molecule has 1 aromatic carbocycles. The van der Waals surface area contributed by atoms with Crippen LogP contribution < -0.4 is 15.4 Å². The van der Waals surface area contributed by atoms with Gasteiger partial charge in [0.05, 0.1) is 6.54 Å². The molecule has 0 aromatic heterocycles.